The van der Waals surface area contributed by atoms with Gasteiger partial charge in [-0.3, -0.25) is 4.79 Å². The van der Waals surface area contributed by atoms with Crippen molar-refractivity contribution in [2.24, 2.45) is 0 Å². The summed E-state index contributed by atoms with van der Waals surface area (Å²) in [5.41, 5.74) is 7.93. The van der Waals surface area contributed by atoms with E-state index in [2.05, 4.69) is 17.2 Å². The van der Waals surface area contributed by atoms with Gasteiger partial charge in [0.1, 0.15) is 23.1 Å². The maximum atomic E-state index is 12.3. The first-order valence-corrected chi connectivity index (χ1v) is 10.1. The predicted octanol–water partition coefficient (Wildman–Crippen LogP) is 4.87. The monoisotopic (exact) mass is 405 g/mol. The van der Waals surface area contributed by atoms with Crippen LogP contribution in [-0.4, -0.2) is 17.5 Å². The van der Waals surface area contributed by atoms with E-state index in [0.29, 0.717) is 30.2 Å². The molecule has 1 heterocycles. The van der Waals surface area contributed by atoms with Crippen molar-refractivity contribution in [1.82, 2.24) is 10.3 Å². The molecule has 0 bridgehead atoms. The lowest BCUT2D eigenvalue weighted by atomic mass is 10.2. The van der Waals surface area contributed by atoms with Crippen molar-refractivity contribution in [3.8, 4) is 17.2 Å². The largest absolute Gasteiger partial charge is 0.493 e. The fourth-order valence-electron chi connectivity index (χ4n) is 2.82. The van der Waals surface area contributed by atoms with Crippen molar-refractivity contribution in [2.45, 2.75) is 33.2 Å². The highest BCUT2D eigenvalue weighted by Gasteiger charge is 2.10. The van der Waals surface area contributed by atoms with Gasteiger partial charge in [0, 0.05) is 18.3 Å². The second kappa shape index (κ2) is 10.3. The summed E-state index contributed by atoms with van der Waals surface area (Å²) in [5.74, 6) is 2.21. The predicted molar refractivity (Wildman–Crippen MR) is 118 cm³/mol. The van der Waals surface area contributed by atoms with Gasteiger partial charge in [-0.1, -0.05) is 31.5 Å². The van der Waals surface area contributed by atoms with Crippen LogP contribution in [0.15, 0.2) is 60.7 Å². The molecular formula is C24H27N3O3. The van der Waals surface area contributed by atoms with Crippen LogP contribution in [-0.2, 0) is 6.54 Å². The Balaban J connectivity index is 1.55. The molecular weight excluding hydrogens is 378 g/mol. The Bertz CT molecular complexity index is 987. The maximum Gasteiger partial charge on any atom is 0.255 e. The molecule has 0 unspecified atom stereocenters. The van der Waals surface area contributed by atoms with Gasteiger partial charge in [-0.25, -0.2) is 4.98 Å². The van der Waals surface area contributed by atoms with E-state index in [9.17, 15) is 4.79 Å². The second-order valence-electron chi connectivity index (χ2n) is 6.99. The van der Waals surface area contributed by atoms with Gasteiger partial charge in [-0.15, -0.1) is 0 Å². The molecule has 0 fully saturated rings. The number of hydrogen-bond donors (Lipinski definition) is 2. The van der Waals surface area contributed by atoms with Crippen molar-refractivity contribution in [1.29, 1.82) is 0 Å². The maximum absolute atomic E-state index is 12.3. The van der Waals surface area contributed by atoms with Crippen LogP contribution in [0.4, 0.5) is 5.82 Å². The van der Waals surface area contributed by atoms with E-state index < -0.39 is 0 Å². The molecule has 3 aromatic rings. The standard InChI is InChI=1S/C24H27N3O3/c1-3-4-14-29-20-6-5-7-21(15-20)30-19-11-9-18(10-12-19)16-26-24(28)22-13-8-17(2)27-23(22)25/h5-13,15H,3-4,14,16H2,1-2H3,(H2,25,27)(H,26,28). The van der Waals surface area contributed by atoms with Crippen molar-refractivity contribution in [2.75, 3.05) is 12.3 Å². The Labute approximate surface area is 177 Å². The molecule has 1 aromatic heterocycles. The summed E-state index contributed by atoms with van der Waals surface area (Å²) >= 11 is 0. The van der Waals surface area contributed by atoms with E-state index >= 15 is 0 Å². The molecule has 0 radical (unpaired) electrons. The third-order valence-electron chi connectivity index (χ3n) is 4.49. The highest BCUT2D eigenvalue weighted by molar-refractivity contribution is 5.98. The van der Waals surface area contributed by atoms with Crippen LogP contribution in [0.3, 0.4) is 0 Å². The molecule has 0 saturated heterocycles. The van der Waals surface area contributed by atoms with Gasteiger partial charge < -0.3 is 20.5 Å². The van der Waals surface area contributed by atoms with Crippen LogP contribution in [0.1, 0.15) is 41.4 Å². The summed E-state index contributed by atoms with van der Waals surface area (Å²) in [5, 5.41) is 2.86. The number of anilines is 1. The molecule has 2 aromatic carbocycles. The van der Waals surface area contributed by atoms with E-state index in [1.807, 2.05) is 55.5 Å². The number of nitrogens with two attached hydrogens (primary N) is 1. The molecule has 0 aliphatic rings. The third kappa shape index (κ3) is 5.98. The molecule has 0 atom stereocenters. The second-order valence-corrected chi connectivity index (χ2v) is 6.99. The lowest BCUT2D eigenvalue weighted by Gasteiger charge is -2.10. The van der Waals surface area contributed by atoms with Crippen molar-refractivity contribution in [3.63, 3.8) is 0 Å². The third-order valence-corrected chi connectivity index (χ3v) is 4.49. The van der Waals surface area contributed by atoms with E-state index in [1.54, 1.807) is 12.1 Å². The number of carbonyl (C=O) groups excluding carboxylic acids is 1. The summed E-state index contributed by atoms with van der Waals surface area (Å²) in [6, 6.07) is 18.6. The zero-order valence-corrected chi connectivity index (χ0v) is 17.4. The fourth-order valence-corrected chi connectivity index (χ4v) is 2.82. The SMILES string of the molecule is CCCCOc1cccc(Oc2ccc(CNC(=O)c3ccc(C)nc3N)cc2)c1. The number of unbranched alkanes of at least 4 members (excludes halogenated alkanes) is 1. The number of rotatable bonds is 9. The van der Waals surface area contributed by atoms with E-state index in [4.69, 9.17) is 15.2 Å². The van der Waals surface area contributed by atoms with Crippen molar-refractivity contribution >= 4 is 11.7 Å². The van der Waals surface area contributed by atoms with Gasteiger partial charge in [0.2, 0.25) is 0 Å². The summed E-state index contributed by atoms with van der Waals surface area (Å²) < 4.78 is 11.6. The normalized spacial score (nSPS) is 10.5. The van der Waals surface area contributed by atoms with Crippen LogP contribution >= 0.6 is 0 Å². The molecule has 0 saturated carbocycles. The number of ether oxygens (including phenoxy) is 2. The Morgan fingerprint density at radius 3 is 2.53 bits per heavy atom. The van der Waals surface area contributed by atoms with E-state index in [1.165, 1.54) is 0 Å². The topological polar surface area (TPSA) is 86.5 Å². The Hall–Kier alpha value is -3.54. The first-order valence-electron chi connectivity index (χ1n) is 10.1. The average Bonchev–Trinajstić information content (AvgIpc) is 2.73. The number of carbonyl (C=O) groups is 1. The number of pyridine rings is 1. The smallest absolute Gasteiger partial charge is 0.255 e. The summed E-state index contributed by atoms with van der Waals surface area (Å²) in [6.07, 6.45) is 2.12. The van der Waals surface area contributed by atoms with Crippen LogP contribution < -0.4 is 20.5 Å². The number of nitrogens with one attached hydrogen (secondary N) is 1. The number of amides is 1. The number of aryl methyl sites for hydroxylation is 1. The molecule has 30 heavy (non-hydrogen) atoms. The highest BCUT2D eigenvalue weighted by atomic mass is 16.5. The van der Waals surface area contributed by atoms with Crippen LogP contribution in [0, 0.1) is 6.92 Å². The van der Waals surface area contributed by atoms with Gasteiger partial charge in [-0.2, -0.15) is 0 Å². The first-order chi connectivity index (χ1) is 14.5. The minimum atomic E-state index is -0.250. The number of hydrogen-bond acceptors (Lipinski definition) is 5. The number of nitrogens with zero attached hydrogens (tertiary/aromatic N) is 1. The van der Waals surface area contributed by atoms with Gasteiger partial charge in [0.05, 0.1) is 12.2 Å². The van der Waals surface area contributed by atoms with Crippen LogP contribution in [0.2, 0.25) is 0 Å². The highest BCUT2D eigenvalue weighted by Crippen LogP contribution is 2.25. The van der Waals surface area contributed by atoms with E-state index in [-0.39, 0.29) is 11.7 Å². The molecule has 0 aliphatic carbocycles. The van der Waals surface area contributed by atoms with Gasteiger partial charge in [-0.05, 0) is 55.3 Å². The summed E-state index contributed by atoms with van der Waals surface area (Å²) in [7, 11) is 0. The Morgan fingerprint density at radius 2 is 1.80 bits per heavy atom. The molecule has 0 aliphatic heterocycles. The molecule has 3 rings (SSSR count). The number of benzene rings is 2. The molecule has 6 nitrogen and oxygen atoms in total. The zero-order valence-electron chi connectivity index (χ0n) is 17.4. The minimum absolute atomic E-state index is 0.233. The number of nitrogen functional groups attached to an aromatic ring is 1. The molecule has 1 amide bonds. The van der Waals surface area contributed by atoms with Gasteiger partial charge in [0.15, 0.2) is 0 Å². The summed E-state index contributed by atoms with van der Waals surface area (Å²) in [6.45, 7) is 5.04. The Kier molecular flexibility index (Phi) is 7.27. The number of aromatic nitrogens is 1. The fraction of sp³-hybridized carbons (Fsp3) is 0.250. The van der Waals surface area contributed by atoms with Crippen molar-refractivity contribution in [3.05, 3.63) is 77.5 Å². The quantitative estimate of drug-likeness (QED) is 0.496. The summed E-state index contributed by atoms with van der Waals surface area (Å²) in [4.78, 5) is 16.4. The lowest BCUT2D eigenvalue weighted by Crippen LogP contribution is -2.24. The zero-order chi connectivity index (χ0) is 21.3. The van der Waals surface area contributed by atoms with Crippen LogP contribution in [0.25, 0.3) is 0 Å². The Morgan fingerprint density at radius 1 is 1.03 bits per heavy atom. The molecule has 0 spiro atoms. The van der Waals surface area contributed by atoms with Crippen molar-refractivity contribution < 1.29 is 14.3 Å². The molecule has 3 N–H and O–H groups in total. The van der Waals surface area contributed by atoms with Gasteiger partial charge >= 0.3 is 0 Å². The molecule has 6 heteroatoms. The average molecular weight is 405 g/mol. The lowest BCUT2D eigenvalue weighted by molar-refractivity contribution is 0.0951. The molecule has 156 valence electrons. The van der Waals surface area contributed by atoms with Crippen LogP contribution in [0.5, 0.6) is 17.2 Å². The van der Waals surface area contributed by atoms with E-state index in [0.717, 1.165) is 29.8 Å². The first kappa shape index (κ1) is 21.2. The minimum Gasteiger partial charge on any atom is -0.493 e. The van der Waals surface area contributed by atoms with Gasteiger partial charge in [0.25, 0.3) is 5.91 Å².